The fraction of sp³-hybridized carbons (Fsp3) is 0. The molecule has 0 amide bonds. The van der Waals surface area contributed by atoms with Gasteiger partial charge in [0.25, 0.3) is 0 Å². The Hall–Kier alpha value is -0.840. The lowest BCUT2D eigenvalue weighted by Crippen LogP contribution is -1.93. The van der Waals surface area contributed by atoms with Crippen LogP contribution in [-0.4, -0.2) is 9.78 Å². The molecule has 1 heterocycles. The standard InChI is InChI=1S/C9H6IN2/c10-8-3-1-4-9(7-8)12-6-2-5-11-12/h1-5,7H. The van der Waals surface area contributed by atoms with Gasteiger partial charge in [-0.05, 0) is 46.9 Å². The topological polar surface area (TPSA) is 17.8 Å². The second-order valence-corrected chi connectivity index (χ2v) is 3.60. The average molecular weight is 269 g/mol. The average Bonchev–Trinajstić information content (AvgIpc) is 2.56. The normalized spacial score (nSPS) is 10.1. The quantitative estimate of drug-likeness (QED) is 0.726. The van der Waals surface area contributed by atoms with Crippen LogP contribution in [0.1, 0.15) is 0 Å². The van der Waals surface area contributed by atoms with Crippen molar-refractivity contribution in [2.45, 2.75) is 0 Å². The Kier molecular flexibility index (Phi) is 2.12. The molecule has 2 nitrogen and oxygen atoms in total. The van der Waals surface area contributed by atoms with Crippen molar-refractivity contribution in [3.63, 3.8) is 0 Å². The van der Waals surface area contributed by atoms with Gasteiger partial charge in [0.2, 0.25) is 0 Å². The van der Waals surface area contributed by atoms with Gasteiger partial charge in [-0.15, -0.1) is 0 Å². The first kappa shape index (κ1) is 7.79. The molecule has 12 heavy (non-hydrogen) atoms. The highest BCUT2D eigenvalue weighted by molar-refractivity contribution is 14.1. The maximum Gasteiger partial charge on any atom is 0.0926 e. The fourth-order valence-electron chi connectivity index (χ4n) is 0.986. The molecule has 0 N–H and O–H groups in total. The van der Waals surface area contributed by atoms with E-state index in [1.54, 1.807) is 16.9 Å². The highest BCUT2D eigenvalue weighted by atomic mass is 127. The monoisotopic (exact) mass is 269 g/mol. The minimum atomic E-state index is 1.05. The molecule has 2 aromatic rings. The zero-order chi connectivity index (χ0) is 8.39. The van der Waals surface area contributed by atoms with E-state index in [2.05, 4.69) is 40.0 Å². The molecule has 0 aliphatic heterocycles. The van der Waals surface area contributed by atoms with E-state index in [-0.39, 0.29) is 0 Å². The molecule has 1 aromatic heterocycles. The third kappa shape index (κ3) is 1.50. The fourth-order valence-corrected chi connectivity index (χ4v) is 1.51. The van der Waals surface area contributed by atoms with E-state index in [9.17, 15) is 0 Å². The summed E-state index contributed by atoms with van der Waals surface area (Å²) in [6.07, 6.45) is 4.70. The molecular weight excluding hydrogens is 263 g/mol. The van der Waals surface area contributed by atoms with Crippen molar-refractivity contribution in [2.24, 2.45) is 0 Å². The lowest BCUT2D eigenvalue weighted by atomic mass is 10.3. The molecule has 0 aliphatic carbocycles. The number of rotatable bonds is 1. The first-order chi connectivity index (χ1) is 5.86. The van der Waals surface area contributed by atoms with Crippen LogP contribution in [0.5, 0.6) is 0 Å². The zero-order valence-electron chi connectivity index (χ0n) is 6.24. The molecule has 0 fully saturated rings. The summed E-state index contributed by atoms with van der Waals surface area (Å²) in [6, 6.07) is 9.91. The van der Waals surface area contributed by atoms with Gasteiger partial charge in [0.05, 0.1) is 18.1 Å². The second kappa shape index (κ2) is 3.26. The van der Waals surface area contributed by atoms with E-state index < -0.39 is 0 Å². The number of halogens is 1. The SMILES string of the molecule is Ic1cccc(-n2[c]ccn2)c1. The number of nitrogens with zero attached hydrogens (tertiary/aromatic N) is 2. The second-order valence-electron chi connectivity index (χ2n) is 2.35. The van der Waals surface area contributed by atoms with Gasteiger partial charge < -0.3 is 0 Å². The third-order valence-electron chi connectivity index (χ3n) is 1.51. The Bertz CT molecular complexity index is 368. The summed E-state index contributed by atoms with van der Waals surface area (Å²) < 4.78 is 2.93. The van der Waals surface area contributed by atoms with Crippen molar-refractivity contribution in [3.05, 3.63) is 46.3 Å². The van der Waals surface area contributed by atoms with Crippen molar-refractivity contribution in [1.29, 1.82) is 0 Å². The van der Waals surface area contributed by atoms with Crippen LogP contribution >= 0.6 is 22.6 Å². The molecule has 1 aromatic carbocycles. The van der Waals surface area contributed by atoms with Crippen molar-refractivity contribution >= 4 is 22.6 Å². The van der Waals surface area contributed by atoms with Gasteiger partial charge >= 0.3 is 0 Å². The highest BCUT2D eigenvalue weighted by Crippen LogP contribution is 2.10. The van der Waals surface area contributed by atoms with Gasteiger partial charge in [0, 0.05) is 3.57 Å². The van der Waals surface area contributed by atoms with E-state index in [0.717, 1.165) is 5.69 Å². The summed E-state index contributed by atoms with van der Waals surface area (Å²) in [5.41, 5.74) is 1.05. The molecule has 0 saturated carbocycles. The summed E-state index contributed by atoms with van der Waals surface area (Å²) in [5, 5.41) is 4.09. The molecule has 0 atom stereocenters. The van der Waals surface area contributed by atoms with E-state index >= 15 is 0 Å². The molecule has 3 heteroatoms. The van der Waals surface area contributed by atoms with Crippen molar-refractivity contribution in [1.82, 2.24) is 9.78 Å². The molecule has 59 valence electrons. The smallest absolute Gasteiger partial charge is 0.0926 e. The van der Waals surface area contributed by atoms with Crippen LogP contribution < -0.4 is 0 Å². The van der Waals surface area contributed by atoms with E-state index in [1.807, 2.05) is 18.2 Å². The van der Waals surface area contributed by atoms with Crippen molar-refractivity contribution in [3.8, 4) is 5.69 Å². The number of benzene rings is 1. The van der Waals surface area contributed by atoms with Crippen LogP contribution in [0, 0.1) is 9.77 Å². The summed E-state index contributed by atoms with van der Waals surface area (Å²) in [7, 11) is 0. The van der Waals surface area contributed by atoms with Crippen LogP contribution in [0.15, 0.2) is 36.5 Å². The van der Waals surface area contributed by atoms with Gasteiger partial charge in [-0.25, -0.2) is 4.68 Å². The Morgan fingerprint density at radius 2 is 2.33 bits per heavy atom. The van der Waals surface area contributed by atoms with Crippen LogP contribution in [0.4, 0.5) is 0 Å². The lowest BCUT2D eigenvalue weighted by Gasteiger charge is -1.99. The summed E-state index contributed by atoms with van der Waals surface area (Å²) in [5.74, 6) is 0. The maximum absolute atomic E-state index is 4.09. The minimum Gasteiger partial charge on any atom is -0.231 e. The largest absolute Gasteiger partial charge is 0.231 e. The first-order valence-electron chi connectivity index (χ1n) is 3.54. The van der Waals surface area contributed by atoms with Gasteiger partial charge in [-0.2, -0.15) is 5.10 Å². The Morgan fingerprint density at radius 3 is 3.00 bits per heavy atom. The zero-order valence-corrected chi connectivity index (χ0v) is 8.39. The Labute approximate surface area is 84.4 Å². The van der Waals surface area contributed by atoms with Crippen molar-refractivity contribution in [2.75, 3.05) is 0 Å². The third-order valence-corrected chi connectivity index (χ3v) is 2.18. The predicted octanol–water partition coefficient (Wildman–Crippen LogP) is 2.28. The molecule has 0 saturated heterocycles. The molecule has 0 unspecified atom stereocenters. The Balaban J connectivity index is 2.48. The lowest BCUT2D eigenvalue weighted by molar-refractivity contribution is 0.873. The van der Waals surface area contributed by atoms with Gasteiger partial charge in [0.15, 0.2) is 0 Å². The minimum absolute atomic E-state index is 1.05. The van der Waals surface area contributed by atoms with Crippen LogP contribution in [0.3, 0.4) is 0 Å². The van der Waals surface area contributed by atoms with Gasteiger partial charge in [-0.3, -0.25) is 0 Å². The van der Waals surface area contributed by atoms with Crippen LogP contribution in [-0.2, 0) is 0 Å². The molecular formula is C9H6IN2. The Morgan fingerprint density at radius 1 is 1.42 bits per heavy atom. The highest BCUT2D eigenvalue weighted by Gasteiger charge is 1.95. The molecule has 2 rings (SSSR count). The van der Waals surface area contributed by atoms with E-state index in [4.69, 9.17) is 0 Å². The van der Waals surface area contributed by atoms with Crippen molar-refractivity contribution < 1.29 is 0 Å². The summed E-state index contributed by atoms with van der Waals surface area (Å²) in [4.78, 5) is 0. The van der Waals surface area contributed by atoms with Crippen LogP contribution in [0.2, 0.25) is 0 Å². The summed E-state index contributed by atoms with van der Waals surface area (Å²) >= 11 is 2.28. The molecule has 0 spiro atoms. The predicted molar refractivity (Wildman–Crippen MR) is 55.1 cm³/mol. The number of hydrogen-bond acceptors (Lipinski definition) is 1. The molecule has 0 bridgehead atoms. The maximum atomic E-state index is 4.09. The van der Waals surface area contributed by atoms with E-state index in [1.165, 1.54) is 3.57 Å². The van der Waals surface area contributed by atoms with E-state index in [0.29, 0.717) is 0 Å². The number of hydrogen-bond donors (Lipinski definition) is 0. The van der Waals surface area contributed by atoms with Crippen LogP contribution in [0.25, 0.3) is 5.69 Å². The summed E-state index contributed by atoms with van der Waals surface area (Å²) in [6.45, 7) is 0. The molecule has 0 aliphatic rings. The first-order valence-corrected chi connectivity index (χ1v) is 4.62. The number of aromatic nitrogens is 2. The molecule has 1 radical (unpaired) electrons. The van der Waals surface area contributed by atoms with Gasteiger partial charge in [0.1, 0.15) is 0 Å². The van der Waals surface area contributed by atoms with Gasteiger partial charge in [-0.1, -0.05) is 6.07 Å².